The summed E-state index contributed by atoms with van der Waals surface area (Å²) < 4.78 is 10.2. The van der Waals surface area contributed by atoms with Crippen molar-refractivity contribution in [2.45, 2.75) is 12.1 Å². The molecular formula is C20H18ClN5O5. The lowest BCUT2D eigenvalue weighted by atomic mass is 10.1. The predicted molar refractivity (Wildman–Crippen MR) is 111 cm³/mol. The number of hydrogen-bond acceptors (Lipinski definition) is 8. The molecule has 2 heterocycles. The molecule has 1 saturated heterocycles. The van der Waals surface area contributed by atoms with Crippen LogP contribution in [0.2, 0.25) is 5.02 Å². The topological polar surface area (TPSA) is 113 Å². The van der Waals surface area contributed by atoms with Gasteiger partial charge < -0.3 is 14.8 Å². The summed E-state index contributed by atoms with van der Waals surface area (Å²) in [6, 6.07) is 9.37. The van der Waals surface area contributed by atoms with Crippen molar-refractivity contribution in [2.24, 2.45) is 10.3 Å². The summed E-state index contributed by atoms with van der Waals surface area (Å²) in [6.07, 6.45) is 0. The highest BCUT2D eigenvalue weighted by Crippen LogP contribution is 2.35. The Hall–Kier alpha value is -3.66. The molecule has 0 aliphatic carbocycles. The van der Waals surface area contributed by atoms with Crippen molar-refractivity contribution in [1.29, 1.82) is 0 Å². The Morgan fingerprint density at radius 1 is 1.10 bits per heavy atom. The molecule has 0 unspecified atom stereocenters. The van der Waals surface area contributed by atoms with Crippen LogP contribution in [0, 0.1) is 0 Å². The fourth-order valence-corrected chi connectivity index (χ4v) is 3.68. The van der Waals surface area contributed by atoms with Crippen LogP contribution in [0.4, 0.5) is 11.4 Å². The van der Waals surface area contributed by atoms with Crippen LogP contribution in [0.5, 0.6) is 11.5 Å². The number of amides is 3. The Morgan fingerprint density at radius 2 is 1.84 bits per heavy atom. The number of anilines is 2. The van der Waals surface area contributed by atoms with E-state index in [1.165, 1.54) is 18.2 Å². The van der Waals surface area contributed by atoms with Crippen molar-refractivity contribution in [2.75, 3.05) is 31.0 Å². The second kappa shape index (κ2) is 8.23. The van der Waals surface area contributed by atoms with Gasteiger partial charge in [0, 0.05) is 5.69 Å². The molecule has 11 heteroatoms. The van der Waals surface area contributed by atoms with Gasteiger partial charge in [-0.2, -0.15) is 5.11 Å². The third kappa shape index (κ3) is 3.77. The average Bonchev–Trinajstić information content (AvgIpc) is 3.28. The van der Waals surface area contributed by atoms with E-state index in [4.69, 9.17) is 21.1 Å². The first-order chi connectivity index (χ1) is 14.9. The Kier molecular flexibility index (Phi) is 5.47. The Morgan fingerprint density at radius 3 is 2.48 bits per heavy atom. The number of nitrogens with zero attached hydrogens (tertiary/aromatic N) is 4. The first-order valence-electron chi connectivity index (χ1n) is 9.25. The molecule has 0 radical (unpaired) electrons. The molecule has 1 N–H and O–H groups in total. The van der Waals surface area contributed by atoms with E-state index in [0.29, 0.717) is 22.9 Å². The summed E-state index contributed by atoms with van der Waals surface area (Å²) in [6.45, 7) is -0.243. The number of rotatable bonds is 6. The Labute approximate surface area is 182 Å². The normalized spacial score (nSPS) is 19.6. The lowest BCUT2D eigenvalue weighted by Gasteiger charge is -2.20. The fourth-order valence-electron chi connectivity index (χ4n) is 3.42. The van der Waals surface area contributed by atoms with Crippen LogP contribution >= 0.6 is 11.6 Å². The van der Waals surface area contributed by atoms with E-state index < -0.39 is 29.8 Å². The predicted octanol–water partition coefficient (Wildman–Crippen LogP) is 2.29. The van der Waals surface area contributed by atoms with Crippen LogP contribution < -0.4 is 19.7 Å². The van der Waals surface area contributed by atoms with Crippen LogP contribution in [-0.4, -0.2) is 55.6 Å². The highest BCUT2D eigenvalue weighted by Gasteiger charge is 2.55. The van der Waals surface area contributed by atoms with Gasteiger partial charge in [-0.3, -0.25) is 19.4 Å². The second-order valence-corrected chi connectivity index (χ2v) is 7.21. The Balaban J connectivity index is 1.47. The average molecular weight is 444 g/mol. The molecule has 10 nitrogen and oxygen atoms in total. The highest BCUT2D eigenvalue weighted by molar-refractivity contribution is 6.33. The number of carbonyl (C=O) groups excluding carboxylic acids is 3. The summed E-state index contributed by atoms with van der Waals surface area (Å²) in [4.78, 5) is 39.2. The van der Waals surface area contributed by atoms with E-state index in [9.17, 15) is 14.4 Å². The van der Waals surface area contributed by atoms with E-state index >= 15 is 0 Å². The second-order valence-electron chi connectivity index (χ2n) is 6.80. The van der Waals surface area contributed by atoms with Gasteiger partial charge in [0.1, 0.15) is 18.0 Å². The largest absolute Gasteiger partial charge is 0.497 e. The van der Waals surface area contributed by atoms with Crippen molar-refractivity contribution >= 4 is 40.7 Å². The lowest BCUT2D eigenvalue weighted by molar-refractivity contribution is -0.123. The molecule has 0 spiro atoms. The van der Waals surface area contributed by atoms with Crippen molar-refractivity contribution in [1.82, 2.24) is 5.01 Å². The molecule has 1 fully saturated rings. The number of carbonyl (C=O) groups is 3. The first-order valence-corrected chi connectivity index (χ1v) is 9.63. The van der Waals surface area contributed by atoms with Gasteiger partial charge >= 0.3 is 0 Å². The molecule has 3 amide bonds. The summed E-state index contributed by atoms with van der Waals surface area (Å²) in [5.74, 6) is -0.392. The third-order valence-corrected chi connectivity index (χ3v) is 5.23. The van der Waals surface area contributed by atoms with Gasteiger partial charge in [-0.1, -0.05) is 16.8 Å². The van der Waals surface area contributed by atoms with Crippen LogP contribution in [0.15, 0.2) is 52.8 Å². The molecule has 2 aliphatic rings. The minimum atomic E-state index is -1.01. The Bertz CT molecular complexity index is 1070. The molecule has 2 aromatic rings. The zero-order valence-electron chi connectivity index (χ0n) is 16.6. The van der Waals surface area contributed by atoms with Gasteiger partial charge in [0.15, 0.2) is 12.1 Å². The van der Waals surface area contributed by atoms with E-state index in [1.807, 2.05) is 0 Å². The van der Waals surface area contributed by atoms with Crippen molar-refractivity contribution in [3.8, 4) is 11.5 Å². The monoisotopic (exact) mass is 443 g/mol. The molecule has 160 valence electrons. The molecule has 31 heavy (non-hydrogen) atoms. The third-order valence-electron chi connectivity index (χ3n) is 4.93. The molecule has 0 saturated carbocycles. The van der Waals surface area contributed by atoms with E-state index in [-0.39, 0.29) is 11.6 Å². The molecule has 2 aromatic carbocycles. The summed E-state index contributed by atoms with van der Waals surface area (Å²) in [5, 5.41) is 12.0. The van der Waals surface area contributed by atoms with Crippen LogP contribution in [0.1, 0.15) is 0 Å². The van der Waals surface area contributed by atoms with Gasteiger partial charge in [0.05, 0.1) is 24.9 Å². The standard InChI is InChI=1S/C20H18ClN5O5/c1-30-13-6-3-11(4-7-13)22-16(27)10-25-18-17(23-24-25)19(28)26(20(18)29)12-5-8-15(31-2)14(21)9-12/h3-9,17-18H,10H2,1-2H3,(H,22,27)/t17-,18+/m1/s1. The number of hydrogen-bond donors (Lipinski definition) is 1. The van der Waals surface area contributed by atoms with Crippen LogP contribution in [0.3, 0.4) is 0 Å². The maximum atomic E-state index is 13.0. The van der Waals surface area contributed by atoms with Crippen molar-refractivity contribution < 1.29 is 23.9 Å². The van der Waals surface area contributed by atoms with E-state index in [2.05, 4.69) is 15.7 Å². The molecule has 0 aromatic heterocycles. The summed E-state index contributed by atoms with van der Waals surface area (Å²) >= 11 is 6.13. The molecule has 0 bridgehead atoms. The highest BCUT2D eigenvalue weighted by atomic mass is 35.5. The molecule has 2 aliphatic heterocycles. The van der Waals surface area contributed by atoms with Gasteiger partial charge in [-0.05, 0) is 42.5 Å². The maximum Gasteiger partial charge on any atom is 0.263 e. The number of methoxy groups -OCH3 is 2. The first kappa shape index (κ1) is 20.6. The van der Waals surface area contributed by atoms with Gasteiger partial charge in [0.25, 0.3) is 11.8 Å². The van der Waals surface area contributed by atoms with Gasteiger partial charge in [0.2, 0.25) is 5.91 Å². The zero-order chi connectivity index (χ0) is 22.1. The molecule has 4 rings (SSSR count). The lowest BCUT2D eigenvalue weighted by Crippen LogP contribution is -2.43. The number of imide groups is 1. The van der Waals surface area contributed by atoms with Crippen molar-refractivity contribution in [3.05, 3.63) is 47.5 Å². The summed E-state index contributed by atoms with van der Waals surface area (Å²) in [5.41, 5.74) is 0.856. The van der Waals surface area contributed by atoms with Crippen LogP contribution in [0.25, 0.3) is 0 Å². The zero-order valence-corrected chi connectivity index (χ0v) is 17.4. The van der Waals surface area contributed by atoms with E-state index in [0.717, 1.165) is 4.90 Å². The minimum absolute atomic E-state index is 0.243. The maximum absolute atomic E-state index is 13.0. The van der Waals surface area contributed by atoms with Gasteiger partial charge in [-0.25, -0.2) is 4.90 Å². The van der Waals surface area contributed by atoms with E-state index in [1.54, 1.807) is 43.5 Å². The number of benzene rings is 2. The van der Waals surface area contributed by atoms with Crippen molar-refractivity contribution in [3.63, 3.8) is 0 Å². The number of ether oxygens (including phenoxy) is 2. The minimum Gasteiger partial charge on any atom is -0.497 e. The SMILES string of the molecule is COc1ccc(NC(=O)CN2N=N[C@H]3C(=O)N(c4ccc(OC)c(Cl)c4)C(=O)[C@H]32)cc1. The van der Waals surface area contributed by atoms with Gasteiger partial charge in [-0.15, -0.1) is 0 Å². The number of fused-ring (bicyclic) bond motifs is 1. The molecule has 2 atom stereocenters. The quantitative estimate of drug-likeness (QED) is 0.685. The smallest absolute Gasteiger partial charge is 0.263 e. The number of nitrogens with one attached hydrogen (secondary N) is 1. The molecular weight excluding hydrogens is 426 g/mol. The fraction of sp³-hybridized carbons (Fsp3) is 0.250. The van der Waals surface area contributed by atoms with Crippen LogP contribution in [-0.2, 0) is 14.4 Å². The summed E-state index contributed by atoms with van der Waals surface area (Å²) in [7, 11) is 3.01. The number of halogens is 1.